The van der Waals surface area contributed by atoms with Crippen LogP contribution in [-0.4, -0.2) is 37.0 Å². The first-order valence-corrected chi connectivity index (χ1v) is 13.1. The van der Waals surface area contributed by atoms with Gasteiger partial charge in [0, 0.05) is 10.2 Å². The van der Waals surface area contributed by atoms with Crippen molar-refractivity contribution < 1.29 is 23.8 Å². The Kier molecular flexibility index (Phi) is 8.52. The number of methoxy groups -OCH3 is 2. The second-order valence-corrected chi connectivity index (χ2v) is 10.5. The number of nitrogens with one attached hydrogen (secondary N) is 1. The fraction of sp³-hybridized carbons (Fsp3) is 0.148. The molecule has 0 aromatic heterocycles. The van der Waals surface area contributed by atoms with Gasteiger partial charge in [-0.1, -0.05) is 46.0 Å². The van der Waals surface area contributed by atoms with Crippen LogP contribution in [0.1, 0.15) is 11.1 Å². The number of rotatable bonds is 8. The minimum absolute atomic E-state index is 0.189. The highest BCUT2D eigenvalue weighted by atomic mass is 79.9. The molecule has 0 aliphatic carbocycles. The Morgan fingerprint density at radius 2 is 1.81 bits per heavy atom. The topological polar surface area (TPSA) is 77.1 Å². The average molecular weight is 600 g/mol. The Hall–Kier alpha value is -3.34. The van der Waals surface area contributed by atoms with Crippen LogP contribution in [0.15, 0.2) is 70.0 Å². The van der Waals surface area contributed by atoms with E-state index in [9.17, 15) is 9.59 Å². The van der Waals surface area contributed by atoms with Crippen LogP contribution >= 0.6 is 39.9 Å². The predicted octanol–water partition coefficient (Wildman–Crippen LogP) is 6.20. The first-order chi connectivity index (χ1) is 17.8. The Morgan fingerprint density at radius 1 is 1.05 bits per heavy atom. The van der Waals surface area contributed by atoms with Gasteiger partial charge in [-0.25, -0.2) is 0 Å². The van der Waals surface area contributed by atoms with Crippen molar-refractivity contribution in [1.82, 2.24) is 0 Å². The number of carbonyl (C=O) groups is 2. The van der Waals surface area contributed by atoms with E-state index in [2.05, 4.69) is 21.2 Å². The van der Waals surface area contributed by atoms with Crippen molar-refractivity contribution in [3.8, 4) is 17.2 Å². The molecule has 37 heavy (non-hydrogen) atoms. The zero-order valence-corrected chi connectivity index (χ0v) is 23.5. The second-order valence-electron chi connectivity index (χ2n) is 7.92. The van der Waals surface area contributed by atoms with E-state index in [1.807, 2.05) is 25.1 Å². The molecule has 190 valence electrons. The summed E-state index contributed by atoms with van der Waals surface area (Å²) in [5.74, 6) is 1.04. The molecule has 2 amide bonds. The minimum Gasteiger partial charge on any atom is -0.497 e. The SMILES string of the molecule is COc1ccc(N2C(=O)/C(=C/c3ccc(OCC(=O)Nc4ccc(Br)cc4C)c(OC)c3)SC2=S)cc1. The van der Waals surface area contributed by atoms with Crippen LogP contribution in [0.2, 0.25) is 0 Å². The van der Waals surface area contributed by atoms with Gasteiger partial charge in [0.25, 0.3) is 11.8 Å². The number of amides is 2. The molecule has 10 heteroatoms. The number of benzene rings is 3. The molecule has 3 aromatic carbocycles. The molecule has 1 heterocycles. The summed E-state index contributed by atoms with van der Waals surface area (Å²) in [7, 11) is 3.10. The van der Waals surface area contributed by atoms with Gasteiger partial charge in [-0.2, -0.15) is 0 Å². The molecule has 1 aliphatic heterocycles. The van der Waals surface area contributed by atoms with Gasteiger partial charge in [0.15, 0.2) is 22.4 Å². The minimum atomic E-state index is -0.293. The Morgan fingerprint density at radius 3 is 2.49 bits per heavy atom. The van der Waals surface area contributed by atoms with Crippen LogP contribution < -0.4 is 24.4 Å². The molecule has 7 nitrogen and oxygen atoms in total. The molecular formula is C27H23BrN2O5S2. The van der Waals surface area contributed by atoms with Crippen molar-refractivity contribution in [1.29, 1.82) is 0 Å². The summed E-state index contributed by atoms with van der Waals surface area (Å²) < 4.78 is 17.7. The zero-order chi connectivity index (χ0) is 26.5. The molecule has 0 bridgehead atoms. The summed E-state index contributed by atoms with van der Waals surface area (Å²) >= 11 is 10.1. The van der Waals surface area contributed by atoms with Crippen molar-refractivity contribution in [2.75, 3.05) is 31.0 Å². The second kappa shape index (κ2) is 11.8. The Labute approximate surface area is 232 Å². The molecule has 1 fully saturated rings. The van der Waals surface area contributed by atoms with Crippen molar-refractivity contribution in [3.63, 3.8) is 0 Å². The quantitative estimate of drug-likeness (QED) is 0.244. The third-order valence-corrected chi connectivity index (χ3v) is 7.23. The van der Waals surface area contributed by atoms with E-state index in [1.54, 1.807) is 55.7 Å². The van der Waals surface area contributed by atoms with Crippen molar-refractivity contribution in [2.24, 2.45) is 0 Å². The molecule has 4 rings (SSSR count). The molecule has 0 saturated carbocycles. The van der Waals surface area contributed by atoms with Crippen molar-refractivity contribution in [2.45, 2.75) is 6.92 Å². The van der Waals surface area contributed by atoms with Gasteiger partial charge in [0.05, 0.1) is 24.8 Å². The lowest BCUT2D eigenvalue weighted by Gasteiger charge is -2.14. The zero-order valence-electron chi connectivity index (χ0n) is 20.2. The van der Waals surface area contributed by atoms with Crippen LogP contribution in [-0.2, 0) is 9.59 Å². The standard InChI is InChI=1S/C27H23BrN2O5S2/c1-16-12-18(28)5-10-21(16)29-25(31)15-35-22-11-4-17(13-23(22)34-3)14-24-26(32)30(27(36)37-24)19-6-8-20(33-2)9-7-19/h4-14H,15H2,1-3H3,(H,29,31)/b24-14-. The van der Waals surface area contributed by atoms with Crippen molar-refractivity contribution in [3.05, 3.63) is 81.2 Å². The molecule has 3 aromatic rings. The molecular weight excluding hydrogens is 576 g/mol. The number of thiocarbonyl (C=S) groups is 1. The number of ether oxygens (including phenoxy) is 3. The van der Waals surface area contributed by atoms with Crippen LogP contribution in [0.4, 0.5) is 11.4 Å². The summed E-state index contributed by atoms with van der Waals surface area (Å²) in [5, 5.41) is 2.84. The smallest absolute Gasteiger partial charge is 0.270 e. The largest absolute Gasteiger partial charge is 0.497 e. The van der Waals surface area contributed by atoms with Crippen LogP contribution in [0.25, 0.3) is 6.08 Å². The first-order valence-electron chi connectivity index (χ1n) is 11.1. The van der Waals surface area contributed by atoms with E-state index in [-0.39, 0.29) is 18.4 Å². The van der Waals surface area contributed by atoms with Crippen LogP contribution in [0.3, 0.4) is 0 Å². The summed E-state index contributed by atoms with van der Waals surface area (Å²) in [4.78, 5) is 27.5. The number of nitrogens with zero attached hydrogens (tertiary/aromatic N) is 1. The van der Waals surface area contributed by atoms with E-state index in [4.69, 9.17) is 26.4 Å². The Balaban J connectivity index is 1.44. The van der Waals surface area contributed by atoms with Gasteiger partial charge in [-0.05, 0) is 78.7 Å². The third-order valence-electron chi connectivity index (χ3n) is 5.43. The van der Waals surface area contributed by atoms with Crippen LogP contribution in [0, 0.1) is 6.92 Å². The highest BCUT2D eigenvalue weighted by Crippen LogP contribution is 2.37. The maximum absolute atomic E-state index is 13.1. The van der Waals surface area contributed by atoms with Gasteiger partial charge in [-0.15, -0.1) is 0 Å². The molecule has 0 atom stereocenters. The number of aryl methyl sites for hydroxylation is 1. The first kappa shape index (κ1) is 26.7. The van der Waals surface area contributed by atoms with E-state index < -0.39 is 0 Å². The molecule has 1 aliphatic rings. The Bertz CT molecular complexity index is 1390. The van der Waals surface area contributed by atoms with E-state index >= 15 is 0 Å². The third kappa shape index (κ3) is 6.33. The molecule has 1 N–H and O–H groups in total. The maximum Gasteiger partial charge on any atom is 0.270 e. The molecule has 0 radical (unpaired) electrons. The van der Waals surface area contributed by atoms with E-state index in [0.29, 0.717) is 37.8 Å². The fourth-order valence-electron chi connectivity index (χ4n) is 3.56. The molecule has 0 unspecified atom stereocenters. The summed E-state index contributed by atoms with van der Waals surface area (Å²) in [6.07, 6.45) is 1.75. The van der Waals surface area contributed by atoms with Gasteiger partial charge in [0.1, 0.15) is 5.75 Å². The number of anilines is 2. The van der Waals surface area contributed by atoms with Gasteiger partial charge in [0.2, 0.25) is 0 Å². The highest BCUT2D eigenvalue weighted by molar-refractivity contribution is 9.10. The lowest BCUT2D eigenvalue weighted by molar-refractivity contribution is -0.118. The lowest BCUT2D eigenvalue weighted by Crippen LogP contribution is -2.27. The van der Waals surface area contributed by atoms with Gasteiger partial charge >= 0.3 is 0 Å². The average Bonchev–Trinajstić information content (AvgIpc) is 3.17. The summed E-state index contributed by atoms with van der Waals surface area (Å²) in [6, 6.07) is 18.0. The number of hydrogen-bond donors (Lipinski definition) is 1. The van der Waals surface area contributed by atoms with Gasteiger partial charge in [-0.3, -0.25) is 14.5 Å². The monoisotopic (exact) mass is 598 g/mol. The van der Waals surface area contributed by atoms with E-state index in [0.717, 1.165) is 15.6 Å². The predicted molar refractivity (Wildman–Crippen MR) is 155 cm³/mol. The summed E-state index contributed by atoms with van der Waals surface area (Å²) in [5.41, 5.74) is 3.05. The molecule has 1 saturated heterocycles. The van der Waals surface area contributed by atoms with Gasteiger partial charge < -0.3 is 19.5 Å². The van der Waals surface area contributed by atoms with Crippen LogP contribution in [0.5, 0.6) is 17.2 Å². The maximum atomic E-state index is 13.1. The number of thioether (sulfide) groups is 1. The molecule has 0 spiro atoms. The summed E-state index contributed by atoms with van der Waals surface area (Å²) in [6.45, 7) is 1.72. The fourth-order valence-corrected chi connectivity index (χ4v) is 5.34. The lowest BCUT2D eigenvalue weighted by atomic mass is 10.1. The normalized spacial score (nSPS) is 14.2. The highest BCUT2D eigenvalue weighted by Gasteiger charge is 2.33. The number of halogens is 1. The van der Waals surface area contributed by atoms with Crippen molar-refractivity contribution >= 4 is 73.5 Å². The van der Waals surface area contributed by atoms with E-state index in [1.165, 1.54) is 23.8 Å². The number of hydrogen-bond acceptors (Lipinski definition) is 7. The number of carbonyl (C=O) groups excluding carboxylic acids is 2.